The highest BCUT2D eigenvalue weighted by Crippen LogP contribution is 2.13. The molecule has 2 N–H and O–H groups in total. The summed E-state index contributed by atoms with van der Waals surface area (Å²) in [6, 6.07) is 7.26. The number of hydrogen-bond donors (Lipinski definition) is 2. The summed E-state index contributed by atoms with van der Waals surface area (Å²) in [5.41, 5.74) is 1.28. The predicted octanol–water partition coefficient (Wildman–Crippen LogP) is 3.81. The van der Waals surface area contributed by atoms with Crippen LogP contribution in [0.25, 0.3) is 0 Å². The Balaban J connectivity index is 0.00000312. The van der Waals surface area contributed by atoms with Gasteiger partial charge in [-0.1, -0.05) is 24.3 Å². The Hall–Kier alpha value is -1.64. The molecule has 0 atom stereocenters. The van der Waals surface area contributed by atoms with Gasteiger partial charge in [0.2, 0.25) is 0 Å². The summed E-state index contributed by atoms with van der Waals surface area (Å²) >= 11 is 0. The maximum atomic E-state index is 10.6. The molecule has 138 valence electrons. The monoisotopic (exact) mass is 458 g/mol. The number of benzene rings is 1. The molecule has 0 amide bonds. The van der Waals surface area contributed by atoms with Crippen LogP contribution in [0.5, 0.6) is 0 Å². The Kier molecular flexibility index (Phi) is 10.1. The molecule has 2 rings (SSSR count). The predicted molar refractivity (Wildman–Crippen MR) is 113 cm³/mol. The second kappa shape index (κ2) is 11.8. The lowest BCUT2D eigenvalue weighted by Crippen LogP contribution is -2.42. The molecule has 0 bridgehead atoms. The van der Waals surface area contributed by atoms with Gasteiger partial charge in [0.1, 0.15) is 0 Å². The van der Waals surface area contributed by atoms with E-state index >= 15 is 0 Å². The van der Waals surface area contributed by atoms with Crippen molar-refractivity contribution < 1.29 is 4.92 Å². The number of guanidine groups is 1. The van der Waals surface area contributed by atoms with E-state index in [9.17, 15) is 10.1 Å². The van der Waals surface area contributed by atoms with Crippen molar-refractivity contribution in [3.05, 3.63) is 52.1 Å². The van der Waals surface area contributed by atoms with Crippen LogP contribution in [-0.4, -0.2) is 30.0 Å². The van der Waals surface area contributed by atoms with E-state index in [4.69, 9.17) is 0 Å². The zero-order valence-corrected chi connectivity index (χ0v) is 16.9. The molecule has 0 radical (unpaired) electrons. The third-order valence-corrected chi connectivity index (χ3v) is 3.98. The van der Waals surface area contributed by atoms with Gasteiger partial charge in [-0.15, -0.1) is 24.0 Å². The first-order valence-electron chi connectivity index (χ1n) is 8.62. The molecule has 0 aliphatic heterocycles. The van der Waals surface area contributed by atoms with Crippen LogP contribution in [0.15, 0.2) is 41.4 Å². The van der Waals surface area contributed by atoms with Crippen molar-refractivity contribution in [3.8, 4) is 0 Å². The van der Waals surface area contributed by atoms with Gasteiger partial charge in [0.15, 0.2) is 5.96 Å². The molecule has 1 aliphatic carbocycles. The molecule has 0 unspecified atom stereocenters. The molecule has 0 spiro atoms. The smallest absolute Gasteiger partial charge is 0.269 e. The molecule has 1 aliphatic rings. The van der Waals surface area contributed by atoms with Crippen LogP contribution in [-0.2, 0) is 6.42 Å². The summed E-state index contributed by atoms with van der Waals surface area (Å²) in [6.45, 7) is 3.70. The molecule has 1 aromatic rings. The average Bonchev–Trinajstić information content (AvgIpc) is 3.08. The first-order valence-corrected chi connectivity index (χ1v) is 8.62. The van der Waals surface area contributed by atoms with Crippen LogP contribution < -0.4 is 10.6 Å². The minimum absolute atomic E-state index is 0. The minimum atomic E-state index is -0.367. The topological polar surface area (TPSA) is 79.6 Å². The van der Waals surface area contributed by atoms with Crippen molar-refractivity contribution in [1.29, 1.82) is 0 Å². The third kappa shape index (κ3) is 7.85. The third-order valence-electron chi connectivity index (χ3n) is 3.98. The normalized spacial score (nSPS) is 14.2. The van der Waals surface area contributed by atoms with E-state index in [1.165, 1.54) is 0 Å². The Morgan fingerprint density at radius 3 is 2.52 bits per heavy atom. The van der Waals surface area contributed by atoms with Crippen LogP contribution in [0.4, 0.5) is 5.69 Å². The second-order valence-electron chi connectivity index (χ2n) is 5.93. The lowest BCUT2D eigenvalue weighted by molar-refractivity contribution is -0.384. The van der Waals surface area contributed by atoms with Crippen LogP contribution in [0.1, 0.15) is 38.2 Å². The van der Waals surface area contributed by atoms with Crippen molar-refractivity contribution in [2.24, 2.45) is 4.99 Å². The van der Waals surface area contributed by atoms with E-state index in [0.29, 0.717) is 6.04 Å². The Morgan fingerprint density at radius 2 is 1.92 bits per heavy atom. The summed E-state index contributed by atoms with van der Waals surface area (Å²) in [5, 5.41) is 17.4. The van der Waals surface area contributed by atoms with Gasteiger partial charge in [0.25, 0.3) is 5.69 Å². The zero-order chi connectivity index (χ0) is 17.2. The van der Waals surface area contributed by atoms with Gasteiger partial charge >= 0.3 is 0 Å². The van der Waals surface area contributed by atoms with E-state index in [2.05, 4.69) is 34.7 Å². The molecule has 7 heteroatoms. The van der Waals surface area contributed by atoms with Gasteiger partial charge in [-0.2, -0.15) is 0 Å². The number of non-ortho nitro benzene ring substituents is 1. The van der Waals surface area contributed by atoms with Gasteiger partial charge < -0.3 is 10.6 Å². The fraction of sp³-hybridized carbons (Fsp3) is 0.500. The highest BCUT2D eigenvalue weighted by atomic mass is 127. The van der Waals surface area contributed by atoms with E-state index < -0.39 is 0 Å². The Morgan fingerprint density at radius 1 is 1.24 bits per heavy atom. The number of nitrogens with zero attached hydrogens (tertiary/aromatic N) is 2. The van der Waals surface area contributed by atoms with Crippen molar-refractivity contribution in [2.75, 3.05) is 13.1 Å². The van der Waals surface area contributed by atoms with Gasteiger partial charge in [-0.3, -0.25) is 15.1 Å². The number of unbranched alkanes of at least 4 members (excludes halogenated alkanes) is 1. The highest BCUT2D eigenvalue weighted by molar-refractivity contribution is 14.0. The van der Waals surface area contributed by atoms with Crippen molar-refractivity contribution in [1.82, 2.24) is 10.6 Å². The van der Waals surface area contributed by atoms with E-state index in [0.717, 1.165) is 56.7 Å². The number of rotatable bonds is 8. The number of nitrogens with one attached hydrogen (secondary N) is 2. The number of aryl methyl sites for hydroxylation is 1. The van der Waals surface area contributed by atoms with Crippen molar-refractivity contribution in [2.45, 2.75) is 45.1 Å². The largest absolute Gasteiger partial charge is 0.357 e. The Bertz CT molecular complexity index is 579. The van der Waals surface area contributed by atoms with E-state index in [1.54, 1.807) is 12.1 Å². The fourth-order valence-corrected chi connectivity index (χ4v) is 2.66. The minimum Gasteiger partial charge on any atom is -0.357 e. The molecular weight excluding hydrogens is 431 g/mol. The molecule has 1 aromatic carbocycles. The number of nitro benzene ring substituents is 1. The first-order chi connectivity index (χ1) is 11.7. The maximum Gasteiger partial charge on any atom is 0.269 e. The number of hydrogen-bond acceptors (Lipinski definition) is 3. The highest BCUT2D eigenvalue weighted by Gasteiger charge is 2.11. The van der Waals surface area contributed by atoms with Crippen LogP contribution in [0, 0.1) is 10.1 Å². The fourth-order valence-electron chi connectivity index (χ4n) is 2.66. The summed E-state index contributed by atoms with van der Waals surface area (Å²) in [7, 11) is 0. The summed E-state index contributed by atoms with van der Waals surface area (Å²) in [6.07, 6.45) is 9.46. The van der Waals surface area contributed by atoms with Crippen molar-refractivity contribution in [3.63, 3.8) is 0 Å². The molecule has 0 heterocycles. The second-order valence-corrected chi connectivity index (χ2v) is 5.93. The van der Waals surface area contributed by atoms with Crippen LogP contribution in [0.3, 0.4) is 0 Å². The number of nitro groups is 1. The molecule has 6 nitrogen and oxygen atoms in total. The molecule has 0 saturated heterocycles. The summed E-state index contributed by atoms with van der Waals surface area (Å²) < 4.78 is 0. The van der Waals surface area contributed by atoms with E-state index in [-0.39, 0.29) is 34.6 Å². The lowest BCUT2D eigenvalue weighted by atomic mass is 10.1. The van der Waals surface area contributed by atoms with Crippen LogP contribution in [0.2, 0.25) is 0 Å². The molecule has 25 heavy (non-hydrogen) atoms. The zero-order valence-electron chi connectivity index (χ0n) is 14.6. The van der Waals surface area contributed by atoms with Gasteiger partial charge in [0, 0.05) is 31.3 Å². The van der Waals surface area contributed by atoms with Gasteiger partial charge in [0.05, 0.1) is 4.92 Å². The lowest BCUT2D eigenvalue weighted by Gasteiger charge is -2.16. The number of aliphatic imine (C=N–C) groups is 1. The van der Waals surface area contributed by atoms with E-state index in [1.807, 2.05) is 12.1 Å². The molecule has 0 fully saturated rings. The van der Waals surface area contributed by atoms with Crippen molar-refractivity contribution >= 4 is 35.6 Å². The molecule has 0 aromatic heterocycles. The Labute approximate surface area is 166 Å². The first kappa shape index (κ1) is 21.4. The maximum absolute atomic E-state index is 10.6. The number of halogens is 1. The average molecular weight is 458 g/mol. The standard InChI is InChI=1S/C18H26N4O2.HI/c1-2-19-18(21-16-8-3-4-9-16)20-14-6-5-7-15-10-12-17(13-11-15)22(23)24;/h3-4,10-13,16H,2,5-9,14H2,1H3,(H2,19,20,21);1H. The molecule has 0 saturated carbocycles. The quantitative estimate of drug-likeness (QED) is 0.118. The summed E-state index contributed by atoms with van der Waals surface area (Å²) in [5.74, 6) is 0.890. The summed E-state index contributed by atoms with van der Waals surface area (Å²) in [4.78, 5) is 14.9. The molecular formula is C18H27IN4O2. The van der Waals surface area contributed by atoms with Gasteiger partial charge in [-0.05, 0) is 44.6 Å². The van der Waals surface area contributed by atoms with Crippen LogP contribution >= 0.6 is 24.0 Å². The SMILES string of the molecule is CCNC(=NCCCCc1ccc([N+](=O)[O-])cc1)NC1CC=CC1.I. The van der Waals surface area contributed by atoms with Gasteiger partial charge in [-0.25, -0.2) is 0 Å².